The molecule has 1 aromatic rings. The molecule has 14 heavy (non-hydrogen) atoms. The van der Waals surface area contributed by atoms with Crippen molar-refractivity contribution in [2.24, 2.45) is 0 Å². The summed E-state index contributed by atoms with van der Waals surface area (Å²) in [7, 11) is 0. The molecular formula is C11H10ClFO. The van der Waals surface area contributed by atoms with Gasteiger partial charge in [-0.25, -0.2) is 4.39 Å². The third-order valence-electron chi connectivity index (χ3n) is 1.96. The number of aryl methyl sites for hydroxylation is 2. The van der Waals surface area contributed by atoms with E-state index in [1.165, 1.54) is 18.2 Å². The van der Waals surface area contributed by atoms with E-state index in [1.807, 2.05) is 0 Å². The number of carbonyl (C=O) groups excluding carboxylic acids is 1. The standard InChI is InChI=1S/C11H10ClFO/c1-7-5-9(13)6-8(2)11(7)10(14)3-4-12/h3-6H,1-2H3/b4-3+. The summed E-state index contributed by atoms with van der Waals surface area (Å²) in [6.07, 6.45) is 1.26. The van der Waals surface area contributed by atoms with Gasteiger partial charge in [0.2, 0.25) is 0 Å². The van der Waals surface area contributed by atoms with Gasteiger partial charge < -0.3 is 0 Å². The fraction of sp³-hybridized carbons (Fsp3) is 0.182. The molecule has 0 radical (unpaired) electrons. The van der Waals surface area contributed by atoms with E-state index in [4.69, 9.17) is 11.6 Å². The van der Waals surface area contributed by atoms with Crippen molar-refractivity contribution in [2.75, 3.05) is 0 Å². The van der Waals surface area contributed by atoms with Crippen molar-refractivity contribution >= 4 is 17.4 Å². The summed E-state index contributed by atoms with van der Waals surface area (Å²) in [6.45, 7) is 3.40. The molecule has 0 unspecified atom stereocenters. The van der Waals surface area contributed by atoms with Gasteiger partial charge in [-0.3, -0.25) is 4.79 Å². The van der Waals surface area contributed by atoms with E-state index in [-0.39, 0.29) is 11.6 Å². The Morgan fingerprint density at radius 1 is 1.36 bits per heavy atom. The fourth-order valence-electron chi connectivity index (χ4n) is 1.44. The maximum Gasteiger partial charge on any atom is 0.187 e. The molecule has 3 heteroatoms. The molecule has 0 saturated heterocycles. The van der Waals surface area contributed by atoms with Crippen molar-refractivity contribution in [2.45, 2.75) is 13.8 Å². The van der Waals surface area contributed by atoms with Gasteiger partial charge >= 0.3 is 0 Å². The van der Waals surface area contributed by atoms with E-state index in [0.717, 1.165) is 5.54 Å². The highest BCUT2D eigenvalue weighted by molar-refractivity contribution is 6.27. The first-order valence-corrected chi connectivity index (χ1v) is 4.57. The average molecular weight is 213 g/mol. The minimum Gasteiger partial charge on any atom is -0.289 e. The van der Waals surface area contributed by atoms with Crippen molar-refractivity contribution in [1.29, 1.82) is 0 Å². The number of benzene rings is 1. The Balaban J connectivity index is 3.27. The maximum atomic E-state index is 12.9. The summed E-state index contributed by atoms with van der Waals surface area (Å²) in [4.78, 5) is 11.5. The summed E-state index contributed by atoms with van der Waals surface area (Å²) >= 11 is 5.31. The van der Waals surface area contributed by atoms with Crippen LogP contribution in [0.15, 0.2) is 23.7 Å². The summed E-state index contributed by atoms with van der Waals surface area (Å²) in [5.41, 5.74) is 2.93. The Bertz CT molecular complexity index is 373. The third kappa shape index (κ3) is 2.20. The molecule has 0 heterocycles. The average Bonchev–Trinajstić information content (AvgIpc) is 2.01. The van der Waals surface area contributed by atoms with Crippen LogP contribution < -0.4 is 0 Å². The van der Waals surface area contributed by atoms with Gasteiger partial charge in [-0.05, 0) is 43.2 Å². The highest BCUT2D eigenvalue weighted by Crippen LogP contribution is 2.17. The number of halogens is 2. The number of allylic oxidation sites excluding steroid dienone is 1. The molecule has 0 aliphatic heterocycles. The summed E-state index contributed by atoms with van der Waals surface area (Å²) in [6, 6.07) is 2.67. The Morgan fingerprint density at radius 2 is 1.86 bits per heavy atom. The van der Waals surface area contributed by atoms with Crippen molar-refractivity contribution < 1.29 is 9.18 Å². The number of hydrogen-bond donors (Lipinski definition) is 0. The van der Waals surface area contributed by atoms with Crippen LogP contribution >= 0.6 is 11.6 Å². The summed E-state index contributed by atoms with van der Waals surface area (Å²) in [5.74, 6) is -0.526. The zero-order chi connectivity index (χ0) is 10.7. The molecule has 0 aliphatic rings. The third-order valence-corrected chi connectivity index (χ3v) is 2.08. The van der Waals surface area contributed by atoms with Crippen LogP contribution in [-0.4, -0.2) is 5.78 Å². The lowest BCUT2D eigenvalue weighted by Gasteiger charge is -2.06. The van der Waals surface area contributed by atoms with Crippen molar-refractivity contribution in [1.82, 2.24) is 0 Å². The van der Waals surface area contributed by atoms with Crippen LogP contribution in [-0.2, 0) is 0 Å². The quantitative estimate of drug-likeness (QED) is 0.543. The van der Waals surface area contributed by atoms with E-state index in [9.17, 15) is 9.18 Å². The van der Waals surface area contributed by atoms with Crippen LogP contribution in [0, 0.1) is 19.7 Å². The highest BCUT2D eigenvalue weighted by Gasteiger charge is 2.10. The van der Waals surface area contributed by atoms with E-state index in [1.54, 1.807) is 13.8 Å². The molecule has 0 bridgehead atoms. The first kappa shape index (κ1) is 10.9. The molecule has 0 aliphatic carbocycles. The SMILES string of the molecule is Cc1cc(F)cc(C)c1C(=O)/C=C/Cl. The molecule has 0 atom stereocenters. The minimum atomic E-state index is -0.327. The lowest BCUT2D eigenvalue weighted by Crippen LogP contribution is -2.02. The van der Waals surface area contributed by atoms with Crippen molar-refractivity contribution in [3.8, 4) is 0 Å². The lowest BCUT2D eigenvalue weighted by molar-refractivity contribution is 0.104. The van der Waals surface area contributed by atoms with Gasteiger partial charge in [-0.2, -0.15) is 0 Å². The van der Waals surface area contributed by atoms with Gasteiger partial charge in [0.05, 0.1) is 0 Å². The Hall–Kier alpha value is -1.15. The normalized spacial score (nSPS) is 10.9. The topological polar surface area (TPSA) is 17.1 Å². The van der Waals surface area contributed by atoms with E-state index >= 15 is 0 Å². The van der Waals surface area contributed by atoms with E-state index in [2.05, 4.69) is 0 Å². The van der Waals surface area contributed by atoms with Crippen molar-refractivity contribution in [3.63, 3.8) is 0 Å². The minimum absolute atomic E-state index is 0.199. The lowest BCUT2D eigenvalue weighted by atomic mass is 9.99. The van der Waals surface area contributed by atoms with Gasteiger partial charge in [0.15, 0.2) is 5.78 Å². The number of rotatable bonds is 2. The molecule has 0 fully saturated rings. The van der Waals surface area contributed by atoms with Gasteiger partial charge in [0.25, 0.3) is 0 Å². The Labute approximate surface area is 87.2 Å². The second-order valence-corrected chi connectivity index (χ2v) is 3.32. The predicted octanol–water partition coefficient (Wildman–Crippen LogP) is 3.38. The van der Waals surface area contributed by atoms with E-state index in [0.29, 0.717) is 16.7 Å². The molecule has 1 rings (SSSR count). The van der Waals surface area contributed by atoms with Crippen LogP contribution in [0.5, 0.6) is 0 Å². The molecular weight excluding hydrogens is 203 g/mol. The number of carbonyl (C=O) groups is 1. The molecule has 1 aromatic carbocycles. The highest BCUT2D eigenvalue weighted by atomic mass is 35.5. The number of ketones is 1. The predicted molar refractivity (Wildman–Crippen MR) is 55.2 cm³/mol. The summed E-state index contributed by atoms with van der Waals surface area (Å²) in [5, 5.41) is 0. The second-order valence-electron chi connectivity index (χ2n) is 3.07. The zero-order valence-electron chi connectivity index (χ0n) is 7.97. The molecule has 0 N–H and O–H groups in total. The number of hydrogen-bond acceptors (Lipinski definition) is 1. The first-order valence-electron chi connectivity index (χ1n) is 4.14. The van der Waals surface area contributed by atoms with Crippen LogP contribution in [0.25, 0.3) is 0 Å². The van der Waals surface area contributed by atoms with Crippen LogP contribution in [0.2, 0.25) is 0 Å². The molecule has 0 aromatic heterocycles. The monoisotopic (exact) mass is 212 g/mol. The fourth-order valence-corrected chi connectivity index (χ4v) is 1.55. The molecule has 0 amide bonds. The van der Waals surface area contributed by atoms with Crippen LogP contribution in [0.4, 0.5) is 4.39 Å². The molecule has 0 spiro atoms. The Kier molecular flexibility index (Phi) is 3.42. The largest absolute Gasteiger partial charge is 0.289 e. The molecule has 1 nitrogen and oxygen atoms in total. The second kappa shape index (κ2) is 4.38. The van der Waals surface area contributed by atoms with Gasteiger partial charge in [-0.1, -0.05) is 11.6 Å². The zero-order valence-corrected chi connectivity index (χ0v) is 8.73. The van der Waals surface area contributed by atoms with Gasteiger partial charge in [-0.15, -0.1) is 0 Å². The van der Waals surface area contributed by atoms with Crippen LogP contribution in [0.3, 0.4) is 0 Å². The van der Waals surface area contributed by atoms with E-state index < -0.39 is 0 Å². The van der Waals surface area contributed by atoms with Gasteiger partial charge in [0, 0.05) is 11.1 Å². The Morgan fingerprint density at radius 3 is 2.29 bits per heavy atom. The van der Waals surface area contributed by atoms with Crippen molar-refractivity contribution in [3.05, 3.63) is 46.3 Å². The molecule has 0 saturated carbocycles. The van der Waals surface area contributed by atoms with Gasteiger partial charge in [0.1, 0.15) is 5.82 Å². The maximum absolute atomic E-state index is 12.9. The van der Waals surface area contributed by atoms with Crippen LogP contribution in [0.1, 0.15) is 21.5 Å². The summed E-state index contributed by atoms with van der Waals surface area (Å²) < 4.78 is 12.9. The molecule has 74 valence electrons. The first-order chi connectivity index (χ1) is 6.56. The smallest absolute Gasteiger partial charge is 0.187 e.